The Bertz CT molecular complexity index is 436. The first-order valence-electron chi connectivity index (χ1n) is 8.05. The number of hydrogen-bond acceptors (Lipinski definition) is 4. The Morgan fingerprint density at radius 2 is 2.00 bits per heavy atom. The van der Waals surface area contributed by atoms with E-state index in [0.717, 1.165) is 24.9 Å². The summed E-state index contributed by atoms with van der Waals surface area (Å²) >= 11 is 0. The standard InChI is InChI=1S/C18H29NO3/c1-5-6-7-8-12-19(4)14-16-9-10-17(11-13-20)22-18(2,3)21-15-16/h9-11,13,15H,5-8,12,14H2,1-4H3/b10-9-,16-15+,17-11-. The van der Waals surface area contributed by atoms with Crippen molar-refractivity contribution in [2.75, 3.05) is 20.1 Å². The highest BCUT2D eigenvalue weighted by molar-refractivity contribution is 5.66. The molecule has 4 nitrogen and oxygen atoms in total. The molecule has 0 saturated heterocycles. The van der Waals surface area contributed by atoms with Crippen molar-refractivity contribution in [3.8, 4) is 0 Å². The molecule has 0 unspecified atom stereocenters. The minimum Gasteiger partial charge on any atom is -0.460 e. The van der Waals surface area contributed by atoms with Crippen LogP contribution in [0.5, 0.6) is 0 Å². The maximum absolute atomic E-state index is 10.7. The van der Waals surface area contributed by atoms with Crippen LogP contribution >= 0.6 is 0 Å². The monoisotopic (exact) mass is 307 g/mol. The van der Waals surface area contributed by atoms with Crippen LogP contribution in [-0.2, 0) is 14.3 Å². The van der Waals surface area contributed by atoms with Crippen molar-refractivity contribution < 1.29 is 14.3 Å². The zero-order valence-electron chi connectivity index (χ0n) is 14.3. The quantitative estimate of drug-likeness (QED) is 0.388. The normalized spacial score (nSPS) is 23.0. The van der Waals surface area contributed by atoms with Crippen molar-refractivity contribution >= 4 is 6.29 Å². The van der Waals surface area contributed by atoms with Gasteiger partial charge in [0.25, 0.3) is 0 Å². The van der Waals surface area contributed by atoms with Gasteiger partial charge in [-0.05, 0) is 26.1 Å². The molecular weight excluding hydrogens is 278 g/mol. The van der Waals surface area contributed by atoms with Crippen molar-refractivity contribution in [1.29, 1.82) is 0 Å². The van der Waals surface area contributed by atoms with E-state index in [9.17, 15) is 4.79 Å². The van der Waals surface area contributed by atoms with Gasteiger partial charge in [-0.3, -0.25) is 4.79 Å². The summed E-state index contributed by atoms with van der Waals surface area (Å²) in [6, 6.07) is 0. The van der Waals surface area contributed by atoms with Gasteiger partial charge in [-0.1, -0.05) is 32.3 Å². The Hall–Kier alpha value is -1.55. The third kappa shape index (κ3) is 7.46. The number of unbranched alkanes of at least 4 members (excludes halogenated alkanes) is 3. The molecule has 124 valence electrons. The minimum atomic E-state index is -0.787. The topological polar surface area (TPSA) is 38.8 Å². The van der Waals surface area contributed by atoms with Crippen LogP contribution in [0.25, 0.3) is 0 Å². The predicted molar refractivity (Wildman–Crippen MR) is 89.3 cm³/mol. The van der Waals surface area contributed by atoms with Crippen molar-refractivity contribution in [2.24, 2.45) is 0 Å². The molecule has 0 aromatic rings. The molecule has 0 spiro atoms. The first-order valence-corrected chi connectivity index (χ1v) is 8.05. The highest BCUT2D eigenvalue weighted by atomic mass is 16.7. The van der Waals surface area contributed by atoms with Crippen LogP contribution < -0.4 is 0 Å². The van der Waals surface area contributed by atoms with Crippen molar-refractivity contribution in [3.63, 3.8) is 0 Å². The summed E-state index contributed by atoms with van der Waals surface area (Å²) in [5, 5.41) is 0. The molecule has 1 heterocycles. The molecule has 1 aliphatic heterocycles. The van der Waals surface area contributed by atoms with Crippen LogP contribution in [0.4, 0.5) is 0 Å². The number of carbonyl (C=O) groups excluding carboxylic acids is 1. The summed E-state index contributed by atoms with van der Waals surface area (Å²) in [6.07, 6.45) is 12.7. The fraction of sp³-hybridized carbons (Fsp3) is 0.611. The smallest absolute Gasteiger partial charge is 0.244 e. The number of allylic oxidation sites excluding steroid dienone is 2. The molecule has 0 N–H and O–H groups in total. The number of nitrogens with zero attached hydrogens (tertiary/aromatic N) is 1. The predicted octanol–water partition coefficient (Wildman–Crippen LogP) is 3.80. The Kier molecular flexibility index (Phi) is 7.96. The van der Waals surface area contributed by atoms with Crippen LogP contribution in [0.3, 0.4) is 0 Å². The van der Waals surface area contributed by atoms with E-state index in [1.165, 1.54) is 31.8 Å². The summed E-state index contributed by atoms with van der Waals surface area (Å²) in [6.45, 7) is 7.76. The molecule has 4 heteroatoms. The van der Waals surface area contributed by atoms with Crippen LogP contribution in [0, 0.1) is 0 Å². The zero-order chi connectivity index (χ0) is 16.4. The van der Waals surface area contributed by atoms with Crippen molar-refractivity contribution in [3.05, 3.63) is 35.8 Å². The van der Waals surface area contributed by atoms with Gasteiger partial charge in [0.2, 0.25) is 5.79 Å². The van der Waals surface area contributed by atoms with E-state index in [-0.39, 0.29) is 0 Å². The van der Waals surface area contributed by atoms with Crippen LogP contribution in [-0.4, -0.2) is 37.1 Å². The fourth-order valence-corrected chi connectivity index (χ4v) is 2.23. The van der Waals surface area contributed by atoms with Gasteiger partial charge in [-0.2, -0.15) is 0 Å². The lowest BCUT2D eigenvalue weighted by molar-refractivity contribution is -0.152. The molecule has 0 aromatic carbocycles. The Morgan fingerprint density at radius 3 is 2.68 bits per heavy atom. The van der Waals surface area contributed by atoms with Gasteiger partial charge in [-0.15, -0.1) is 0 Å². The van der Waals surface area contributed by atoms with Gasteiger partial charge in [0.05, 0.1) is 6.26 Å². The van der Waals surface area contributed by atoms with Gasteiger partial charge in [0.15, 0.2) is 0 Å². The van der Waals surface area contributed by atoms with Gasteiger partial charge in [-0.25, -0.2) is 0 Å². The Morgan fingerprint density at radius 1 is 1.23 bits per heavy atom. The number of carbonyl (C=O) groups is 1. The second-order valence-corrected chi connectivity index (χ2v) is 6.15. The molecule has 0 aromatic heterocycles. The number of aldehydes is 1. The molecule has 0 radical (unpaired) electrons. The van der Waals surface area contributed by atoms with Crippen LogP contribution in [0.15, 0.2) is 35.8 Å². The van der Waals surface area contributed by atoms with E-state index in [1.54, 1.807) is 6.26 Å². The average Bonchev–Trinajstić information content (AvgIpc) is 2.45. The van der Waals surface area contributed by atoms with Crippen LogP contribution in [0.1, 0.15) is 46.5 Å². The fourth-order valence-electron chi connectivity index (χ4n) is 2.23. The van der Waals surface area contributed by atoms with Gasteiger partial charge in [0, 0.05) is 32.0 Å². The molecule has 0 amide bonds. The Balaban J connectivity index is 2.62. The molecule has 0 aliphatic carbocycles. The highest BCUT2D eigenvalue weighted by Gasteiger charge is 2.22. The second-order valence-electron chi connectivity index (χ2n) is 6.15. The number of likely N-dealkylation sites (N-methyl/N-ethyl adjacent to an activating group) is 1. The molecule has 0 fully saturated rings. The SMILES string of the molecule is CCCCCCN(C)CC1=C/OC(C)(C)OC(=C\C=O)/C=C\1. The number of hydrogen-bond donors (Lipinski definition) is 0. The molecule has 22 heavy (non-hydrogen) atoms. The number of ether oxygens (including phenoxy) is 2. The molecule has 0 saturated carbocycles. The van der Waals surface area contributed by atoms with Crippen LogP contribution in [0.2, 0.25) is 0 Å². The van der Waals surface area contributed by atoms with Crippen molar-refractivity contribution in [1.82, 2.24) is 4.90 Å². The third-order valence-corrected chi connectivity index (χ3v) is 3.40. The van der Waals surface area contributed by atoms with Gasteiger partial charge < -0.3 is 14.4 Å². The second kappa shape index (κ2) is 9.46. The summed E-state index contributed by atoms with van der Waals surface area (Å²) < 4.78 is 11.3. The van der Waals surface area contributed by atoms with E-state index >= 15 is 0 Å². The lowest BCUT2D eigenvalue weighted by atomic mass is 10.2. The molecular formula is C18H29NO3. The van der Waals surface area contributed by atoms with Crippen molar-refractivity contribution in [2.45, 2.75) is 52.2 Å². The highest BCUT2D eigenvalue weighted by Crippen LogP contribution is 2.21. The maximum Gasteiger partial charge on any atom is 0.244 e. The molecule has 1 aliphatic rings. The molecule has 1 rings (SSSR count). The Labute approximate surface area is 134 Å². The average molecular weight is 307 g/mol. The summed E-state index contributed by atoms with van der Waals surface area (Å²) in [4.78, 5) is 12.9. The van der Waals surface area contributed by atoms with E-state index in [0.29, 0.717) is 5.76 Å². The lowest BCUT2D eigenvalue weighted by Gasteiger charge is -2.28. The van der Waals surface area contributed by atoms with Gasteiger partial charge >= 0.3 is 0 Å². The lowest BCUT2D eigenvalue weighted by Crippen LogP contribution is -2.28. The van der Waals surface area contributed by atoms with Gasteiger partial charge in [0.1, 0.15) is 12.0 Å². The maximum atomic E-state index is 10.7. The molecule has 0 atom stereocenters. The van der Waals surface area contributed by atoms with E-state index in [1.807, 2.05) is 26.0 Å². The number of rotatable bonds is 8. The van der Waals surface area contributed by atoms with E-state index in [2.05, 4.69) is 18.9 Å². The summed E-state index contributed by atoms with van der Waals surface area (Å²) in [7, 11) is 2.11. The molecule has 0 bridgehead atoms. The summed E-state index contributed by atoms with van der Waals surface area (Å²) in [5.74, 6) is -0.277. The third-order valence-electron chi connectivity index (χ3n) is 3.40. The summed E-state index contributed by atoms with van der Waals surface area (Å²) in [5.41, 5.74) is 1.06. The first-order chi connectivity index (χ1) is 10.5. The van der Waals surface area contributed by atoms with E-state index in [4.69, 9.17) is 9.47 Å². The largest absolute Gasteiger partial charge is 0.460 e. The minimum absolute atomic E-state index is 0.510. The first kappa shape index (κ1) is 18.5. The van der Waals surface area contributed by atoms with E-state index < -0.39 is 5.79 Å². The zero-order valence-corrected chi connectivity index (χ0v) is 14.3.